The Bertz CT molecular complexity index is 418. The van der Waals surface area contributed by atoms with Crippen LogP contribution in [0.5, 0.6) is 0 Å². The number of piperidine rings is 1. The molecule has 2 atom stereocenters. The summed E-state index contributed by atoms with van der Waals surface area (Å²) >= 11 is 0. The molecule has 0 saturated carbocycles. The zero-order valence-electron chi connectivity index (χ0n) is 13.1. The molecular formula is C15H24F3NO2. The fourth-order valence-electron chi connectivity index (χ4n) is 3.56. The maximum atomic E-state index is 12.9. The Hall–Kier alpha value is -0.620. The monoisotopic (exact) mass is 307 g/mol. The highest BCUT2D eigenvalue weighted by atomic mass is 19.4. The van der Waals surface area contributed by atoms with Crippen molar-refractivity contribution < 1.29 is 22.7 Å². The number of nitrogens with zero attached hydrogens (tertiary/aromatic N) is 1. The van der Waals surface area contributed by atoms with E-state index in [2.05, 4.69) is 0 Å². The predicted molar refractivity (Wildman–Crippen MR) is 73.0 cm³/mol. The van der Waals surface area contributed by atoms with Crippen LogP contribution in [0, 0.1) is 11.8 Å². The van der Waals surface area contributed by atoms with Gasteiger partial charge in [-0.3, -0.25) is 4.79 Å². The van der Waals surface area contributed by atoms with Gasteiger partial charge in [-0.15, -0.1) is 0 Å². The van der Waals surface area contributed by atoms with Gasteiger partial charge in [0, 0.05) is 13.1 Å². The maximum absolute atomic E-state index is 12.9. The first-order chi connectivity index (χ1) is 9.43. The van der Waals surface area contributed by atoms with Gasteiger partial charge in [-0.05, 0) is 47.1 Å². The molecule has 0 radical (unpaired) electrons. The fourth-order valence-corrected chi connectivity index (χ4v) is 3.56. The van der Waals surface area contributed by atoms with Crippen molar-refractivity contribution in [3.63, 3.8) is 0 Å². The molecule has 0 amide bonds. The number of ketones is 1. The van der Waals surface area contributed by atoms with E-state index in [4.69, 9.17) is 4.74 Å². The quantitative estimate of drug-likeness (QED) is 0.785. The molecule has 2 heterocycles. The molecule has 2 rings (SSSR count). The lowest BCUT2D eigenvalue weighted by molar-refractivity contribution is -0.187. The van der Waals surface area contributed by atoms with Crippen molar-refractivity contribution in [3.05, 3.63) is 0 Å². The second-order valence-corrected chi connectivity index (χ2v) is 7.27. The van der Waals surface area contributed by atoms with E-state index in [1.54, 1.807) is 18.7 Å². The summed E-state index contributed by atoms with van der Waals surface area (Å²) in [6.45, 7) is 8.10. The molecule has 2 aliphatic heterocycles. The van der Waals surface area contributed by atoms with Gasteiger partial charge < -0.3 is 9.64 Å². The van der Waals surface area contributed by atoms with Crippen molar-refractivity contribution in [2.45, 2.75) is 57.9 Å². The van der Waals surface area contributed by atoms with Crippen molar-refractivity contribution in [2.75, 3.05) is 19.6 Å². The first-order valence-electron chi connectivity index (χ1n) is 7.47. The van der Waals surface area contributed by atoms with Crippen molar-refractivity contribution in [1.82, 2.24) is 4.90 Å². The second kappa shape index (κ2) is 5.23. The number of rotatable bonds is 2. The molecular weight excluding hydrogens is 283 g/mol. The summed E-state index contributed by atoms with van der Waals surface area (Å²) in [6.07, 6.45) is -3.44. The summed E-state index contributed by atoms with van der Waals surface area (Å²) in [5.74, 6) is -1.67. The number of carbonyl (C=O) groups is 1. The maximum Gasteiger partial charge on any atom is 0.393 e. The van der Waals surface area contributed by atoms with Crippen LogP contribution in [0.3, 0.4) is 0 Å². The summed E-state index contributed by atoms with van der Waals surface area (Å²) < 4.78 is 44.4. The molecule has 2 aliphatic rings. The van der Waals surface area contributed by atoms with Crippen molar-refractivity contribution in [1.29, 1.82) is 0 Å². The van der Waals surface area contributed by atoms with Gasteiger partial charge in [-0.1, -0.05) is 0 Å². The Morgan fingerprint density at radius 3 is 2.38 bits per heavy atom. The van der Waals surface area contributed by atoms with Gasteiger partial charge in [0.2, 0.25) is 0 Å². The molecule has 2 fully saturated rings. The Morgan fingerprint density at radius 1 is 1.29 bits per heavy atom. The topological polar surface area (TPSA) is 29.5 Å². The van der Waals surface area contributed by atoms with Gasteiger partial charge in [-0.25, -0.2) is 0 Å². The average molecular weight is 307 g/mol. The highest BCUT2D eigenvalue weighted by Gasteiger charge is 2.54. The second-order valence-electron chi connectivity index (χ2n) is 7.27. The van der Waals surface area contributed by atoms with Crippen LogP contribution in [0.1, 0.15) is 40.5 Å². The van der Waals surface area contributed by atoms with Crippen LogP contribution in [-0.2, 0) is 9.53 Å². The SMILES string of the molecule is CC1(C)OC(C)(C)C(CN2CCCC(C(F)(F)F)C2)C1=O. The molecule has 122 valence electrons. The number of hydrogen-bond donors (Lipinski definition) is 0. The molecule has 6 heteroatoms. The highest BCUT2D eigenvalue weighted by Crippen LogP contribution is 2.40. The van der Waals surface area contributed by atoms with Crippen molar-refractivity contribution in [2.24, 2.45) is 11.8 Å². The van der Waals surface area contributed by atoms with E-state index in [0.29, 0.717) is 19.5 Å². The number of alkyl halides is 3. The average Bonchev–Trinajstić information content (AvgIpc) is 2.47. The number of likely N-dealkylation sites (tertiary alicyclic amines) is 1. The third-order valence-corrected chi connectivity index (χ3v) is 4.68. The van der Waals surface area contributed by atoms with Crippen LogP contribution >= 0.6 is 0 Å². The van der Waals surface area contributed by atoms with Gasteiger partial charge in [0.1, 0.15) is 5.60 Å². The lowest BCUT2D eigenvalue weighted by Gasteiger charge is -2.36. The summed E-state index contributed by atoms with van der Waals surface area (Å²) in [7, 11) is 0. The fraction of sp³-hybridized carbons (Fsp3) is 0.933. The normalized spacial score (nSPS) is 33.4. The van der Waals surface area contributed by atoms with Gasteiger partial charge in [0.15, 0.2) is 5.78 Å². The molecule has 3 nitrogen and oxygen atoms in total. The van der Waals surface area contributed by atoms with E-state index in [1.807, 2.05) is 13.8 Å². The largest absolute Gasteiger partial charge is 0.393 e. The van der Waals surface area contributed by atoms with Crippen LogP contribution in [0.2, 0.25) is 0 Å². The zero-order chi connectivity index (χ0) is 16.1. The minimum atomic E-state index is -4.15. The molecule has 0 aromatic heterocycles. The molecule has 0 bridgehead atoms. The van der Waals surface area contributed by atoms with Crippen LogP contribution in [0.15, 0.2) is 0 Å². The van der Waals surface area contributed by atoms with E-state index in [9.17, 15) is 18.0 Å². The Labute approximate surface area is 123 Å². The molecule has 0 aliphatic carbocycles. The number of Topliss-reactive ketones (excluding diaryl/α,β-unsaturated/α-hetero) is 1. The number of carbonyl (C=O) groups excluding carboxylic acids is 1. The lowest BCUT2D eigenvalue weighted by atomic mass is 9.84. The standard InChI is InChI=1S/C15H24F3NO2/c1-13(2)11(12(20)14(3,4)21-13)9-19-7-5-6-10(8-19)15(16,17)18/h10-11H,5-9H2,1-4H3. The van der Waals surface area contributed by atoms with E-state index >= 15 is 0 Å². The molecule has 2 saturated heterocycles. The van der Waals surface area contributed by atoms with Gasteiger partial charge in [-0.2, -0.15) is 13.2 Å². The van der Waals surface area contributed by atoms with Crippen LogP contribution < -0.4 is 0 Å². The van der Waals surface area contributed by atoms with Gasteiger partial charge in [0.25, 0.3) is 0 Å². The first-order valence-corrected chi connectivity index (χ1v) is 7.47. The molecule has 0 aromatic rings. The van der Waals surface area contributed by atoms with E-state index in [-0.39, 0.29) is 24.7 Å². The summed E-state index contributed by atoms with van der Waals surface area (Å²) in [5, 5.41) is 0. The van der Waals surface area contributed by atoms with E-state index in [0.717, 1.165) is 0 Å². The molecule has 2 unspecified atom stereocenters. The van der Waals surface area contributed by atoms with Gasteiger partial charge in [0.05, 0.1) is 17.4 Å². The number of hydrogen-bond acceptors (Lipinski definition) is 3. The Kier molecular flexibility index (Phi) is 4.17. The van der Waals surface area contributed by atoms with Crippen LogP contribution in [-0.4, -0.2) is 47.7 Å². The van der Waals surface area contributed by atoms with Crippen LogP contribution in [0.25, 0.3) is 0 Å². The molecule has 0 N–H and O–H groups in total. The zero-order valence-corrected chi connectivity index (χ0v) is 13.1. The summed E-state index contributed by atoms with van der Waals surface area (Å²) in [4.78, 5) is 14.2. The smallest absolute Gasteiger partial charge is 0.361 e. The summed E-state index contributed by atoms with van der Waals surface area (Å²) in [6, 6.07) is 0. The molecule has 0 spiro atoms. The minimum Gasteiger partial charge on any atom is -0.361 e. The van der Waals surface area contributed by atoms with Crippen LogP contribution in [0.4, 0.5) is 13.2 Å². The number of ether oxygens (including phenoxy) is 1. The highest BCUT2D eigenvalue weighted by molar-refractivity contribution is 5.91. The third kappa shape index (κ3) is 3.42. The lowest BCUT2D eigenvalue weighted by Crippen LogP contribution is -2.47. The first kappa shape index (κ1) is 16.7. The van der Waals surface area contributed by atoms with Crippen molar-refractivity contribution >= 4 is 5.78 Å². The Balaban J connectivity index is 2.06. The Morgan fingerprint density at radius 2 is 1.90 bits per heavy atom. The van der Waals surface area contributed by atoms with E-state index in [1.165, 1.54) is 0 Å². The molecule has 21 heavy (non-hydrogen) atoms. The number of halogens is 3. The predicted octanol–water partition coefficient (Wildman–Crippen LogP) is 3.03. The van der Waals surface area contributed by atoms with Crippen molar-refractivity contribution in [3.8, 4) is 0 Å². The minimum absolute atomic E-state index is 0.0101. The summed E-state index contributed by atoms with van der Waals surface area (Å²) in [5.41, 5.74) is -1.49. The third-order valence-electron chi connectivity index (χ3n) is 4.68. The van der Waals surface area contributed by atoms with E-state index < -0.39 is 23.3 Å². The van der Waals surface area contributed by atoms with Gasteiger partial charge >= 0.3 is 6.18 Å². The molecule has 0 aromatic carbocycles.